The van der Waals surface area contributed by atoms with E-state index in [2.05, 4.69) is 5.32 Å². The fourth-order valence-corrected chi connectivity index (χ4v) is 2.62. The van der Waals surface area contributed by atoms with Crippen LogP contribution in [0.3, 0.4) is 0 Å². The second kappa shape index (κ2) is 8.04. The molecule has 0 radical (unpaired) electrons. The van der Waals surface area contributed by atoms with Gasteiger partial charge in [0.2, 0.25) is 0 Å². The Morgan fingerprint density at radius 1 is 1.21 bits per heavy atom. The molecule has 0 spiro atoms. The van der Waals surface area contributed by atoms with Gasteiger partial charge in [-0.1, -0.05) is 41.4 Å². The first-order chi connectivity index (χ1) is 11.4. The van der Waals surface area contributed by atoms with E-state index in [0.717, 1.165) is 5.56 Å². The quantitative estimate of drug-likeness (QED) is 0.822. The van der Waals surface area contributed by atoms with Crippen molar-refractivity contribution in [3.8, 4) is 5.75 Å². The number of nitrogens with two attached hydrogens (primary N) is 1. The maximum Gasteiger partial charge on any atom is 0.258 e. The van der Waals surface area contributed by atoms with Crippen LogP contribution in [0.15, 0.2) is 42.5 Å². The van der Waals surface area contributed by atoms with Crippen molar-refractivity contribution in [2.45, 2.75) is 13.0 Å². The summed E-state index contributed by atoms with van der Waals surface area (Å²) in [7, 11) is 0. The molecule has 3 N–H and O–H groups in total. The highest BCUT2D eigenvalue weighted by atomic mass is 35.5. The molecule has 0 saturated heterocycles. The molecule has 2 aromatic rings. The Balaban J connectivity index is 1.99. The van der Waals surface area contributed by atoms with Crippen molar-refractivity contribution in [2.24, 2.45) is 5.73 Å². The molecule has 1 atom stereocenters. The van der Waals surface area contributed by atoms with Crippen LogP contribution in [0.2, 0.25) is 10.0 Å². The number of rotatable bonds is 6. The summed E-state index contributed by atoms with van der Waals surface area (Å²) in [6.45, 7) is 1.55. The van der Waals surface area contributed by atoms with Gasteiger partial charge in [-0.25, -0.2) is 0 Å². The number of hydrogen-bond acceptors (Lipinski definition) is 3. The minimum absolute atomic E-state index is 0.120. The second-order valence-electron chi connectivity index (χ2n) is 5.10. The Hall–Kier alpha value is -2.24. The summed E-state index contributed by atoms with van der Waals surface area (Å²) < 4.78 is 5.38. The van der Waals surface area contributed by atoms with Gasteiger partial charge in [0.1, 0.15) is 5.75 Å². The van der Waals surface area contributed by atoms with Crippen molar-refractivity contribution in [1.82, 2.24) is 5.32 Å². The number of halogens is 2. The fourth-order valence-electron chi connectivity index (χ4n) is 2.15. The van der Waals surface area contributed by atoms with E-state index in [4.69, 9.17) is 33.7 Å². The number of hydrogen-bond donors (Lipinski definition) is 2. The number of primary amides is 1. The number of benzene rings is 2. The van der Waals surface area contributed by atoms with Gasteiger partial charge < -0.3 is 15.8 Å². The van der Waals surface area contributed by atoms with Gasteiger partial charge in [-0.15, -0.1) is 0 Å². The van der Waals surface area contributed by atoms with E-state index in [1.807, 2.05) is 25.1 Å². The number of nitrogens with one attached hydrogen (secondary N) is 1. The van der Waals surface area contributed by atoms with Gasteiger partial charge >= 0.3 is 0 Å². The summed E-state index contributed by atoms with van der Waals surface area (Å²) in [6, 6.07) is 11.4. The molecule has 24 heavy (non-hydrogen) atoms. The Labute approximate surface area is 149 Å². The standard InChI is InChI=1S/C17H16Cl2N2O3/c1-10(12-4-2-3-5-14(12)19)21-16(22)9-24-15-7-6-11(18)8-13(15)17(20)23/h2-8,10H,9H2,1H3,(H2,20,23)(H,21,22)/t10-/m1/s1. The molecule has 5 nitrogen and oxygen atoms in total. The van der Waals surface area contributed by atoms with Crippen LogP contribution in [0, 0.1) is 0 Å². The molecular weight excluding hydrogens is 351 g/mol. The van der Waals surface area contributed by atoms with Gasteiger partial charge in [-0.2, -0.15) is 0 Å². The SMILES string of the molecule is C[C@@H](NC(=O)COc1ccc(Cl)cc1C(N)=O)c1ccccc1Cl. The lowest BCUT2D eigenvalue weighted by molar-refractivity contribution is -0.123. The lowest BCUT2D eigenvalue weighted by Gasteiger charge is -2.16. The van der Waals surface area contributed by atoms with E-state index in [9.17, 15) is 9.59 Å². The monoisotopic (exact) mass is 366 g/mol. The van der Waals surface area contributed by atoms with E-state index in [0.29, 0.717) is 10.0 Å². The molecule has 0 heterocycles. The summed E-state index contributed by atoms with van der Waals surface area (Å²) in [5.74, 6) is -0.836. The van der Waals surface area contributed by atoms with Crippen LogP contribution in [0.4, 0.5) is 0 Å². The molecule has 0 aromatic heterocycles. The minimum Gasteiger partial charge on any atom is -0.483 e. The molecule has 0 fully saturated rings. The lowest BCUT2D eigenvalue weighted by Crippen LogP contribution is -2.31. The van der Waals surface area contributed by atoms with Gasteiger partial charge in [-0.3, -0.25) is 9.59 Å². The van der Waals surface area contributed by atoms with Gasteiger partial charge in [0.25, 0.3) is 11.8 Å². The number of ether oxygens (including phenoxy) is 1. The molecule has 0 aliphatic heterocycles. The third-order valence-corrected chi connectivity index (χ3v) is 3.89. The maximum absolute atomic E-state index is 12.0. The normalized spacial score (nSPS) is 11.6. The molecule has 0 bridgehead atoms. The highest BCUT2D eigenvalue weighted by Crippen LogP contribution is 2.23. The predicted molar refractivity (Wildman–Crippen MR) is 93.5 cm³/mol. The molecule has 7 heteroatoms. The van der Waals surface area contributed by atoms with Crippen molar-refractivity contribution in [3.63, 3.8) is 0 Å². The van der Waals surface area contributed by atoms with Crippen LogP contribution in [0.5, 0.6) is 5.75 Å². The second-order valence-corrected chi connectivity index (χ2v) is 5.95. The molecule has 0 aliphatic rings. The van der Waals surface area contributed by atoms with Gasteiger partial charge in [-0.05, 0) is 36.8 Å². The van der Waals surface area contributed by atoms with Crippen molar-refractivity contribution in [3.05, 3.63) is 63.6 Å². The molecule has 126 valence electrons. The van der Waals surface area contributed by atoms with Gasteiger partial charge in [0.05, 0.1) is 11.6 Å². The van der Waals surface area contributed by atoms with E-state index >= 15 is 0 Å². The van der Waals surface area contributed by atoms with Crippen LogP contribution < -0.4 is 15.8 Å². The first-order valence-corrected chi connectivity index (χ1v) is 7.90. The molecule has 2 amide bonds. The Morgan fingerprint density at radius 2 is 1.92 bits per heavy atom. The van der Waals surface area contributed by atoms with E-state index in [-0.39, 0.29) is 29.9 Å². The Bertz CT molecular complexity index is 765. The first kappa shape index (κ1) is 18.1. The average Bonchev–Trinajstić information content (AvgIpc) is 2.53. The van der Waals surface area contributed by atoms with Crippen LogP contribution in [0.1, 0.15) is 28.9 Å². The summed E-state index contributed by atoms with van der Waals surface area (Å²) in [6.07, 6.45) is 0. The van der Waals surface area contributed by atoms with Crippen molar-refractivity contribution >= 4 is 35.0 Å². The zero-order chi connectivity index (χ0) is 17.7. The Morgan fingerprint density at radius 3 is 2.58 bits per heavy atom. The number of carbonyl (C=O) groups is 2. The third-order valence-electron chi connectivity index (χ3n) is 3.32. The first-order valence-electron chi connectivity index (χ1n) is 7.14. The van der Waals surface area contributed by atoms with Crippen LogP contribution in [-0.4, -0.2) is 18.4 Å². The zero-order valence-corrected chi connectivity index (χ0v) is 14.4. The average molecular weight is 367 g/mol. The van der Waals surface area contributed by atoms with Crippen LogP contribution in [0.25, 0.3) is 0 Å². The predicted octanol–water partition coefficient (Wildman–Crippen LogP) is 3.35. The lowest BCUT2D eigenvalue weighted by atomic mass is 10.1. The summed E-state index contributed by atoms with van der Waals surface area (Å²) >= 11 is 11.9. The topological polar surface area (TPSA) is 81.4 Å². The number of carbonyl (C=O) groups excluding carboxylic acids is 2. The van der Waals surface area contributed by atoms with Crippen LogP contribution >= 0.6 is 23.2 Å². The minimum atomic E-state index is -0.683. The summed E-state index contributed by atoms with van der Waals surface area (Å²) in [4.78, 5) is 23.4. The van der Waals surface area contributed by atoms with Gasteiger partial charge in [0.15, 0.2) is 6.61 Å². The van der Waals surface area contributed by atoms with Gasteiger partial charge in [0, 0.05) is 10.0 Å². The smallest absolute Gasteiger partial charge is 0.258 e. The number of amides is 2. The molecule has 0 aliphatic carbocycles. The zero-order valence-electron chi connectivity index (χ0n) is 12.9. The third kappa shape index (κ3) is 4.63. The fraction of sp³-hybridized carbons (Fsp3) is 0.176. The van der Waals surface area contributed by atoms with Crippen molar-refractivity contribution < 1.29 is 14.3 Å². The van der Waals surface area contributed by atoms with Crippen LogP contribution in [-0.2, 0) is 4.79 Å². The highest BCUT2D eigenvalue weighted by Gasteiger charge is 2.15. The highest BCUT2D eigenvalue weighted by molar-refractivity contribution is 6.31. The largest absolute Gasteiger partial charge is 0.483 e. The summed E-state index contributed by atoms with van der Waals surface area (Å²) in [5.41, 5.74) is 6.19. The molecule has 0 unspecified atom stereocenters. The van der Waals surface area contributed by atoms with E-state index < -0.39 is 5.91 Å². The van der Waals surface area contributed by atoms with Crippen molar-refractivity contribution in [2.75, 3.05) is 6.61 Å². The van der Waals surface area contributed by atoms with E-state index in [1.54, 1.807) is 12.1 Å². The maximum atomic E-state index is 12.0. The summed E-state index contributed by atoms with van der Waals surface area (Å²) in [5, 5.41) is 3.70. The molecule has 0 saturated carbocycles. The van der Waals surface area contributed by atoms with Crippen molar-refractivity contribution in [1.29, 1.82) is 0 Å². The molecular formula is C17H16Cl2N2O3. The Kier molecular flexibility index (Phi) is 6.06. The van der Waals surface area contributed by atoms with E-state index in [1.165, 1.54) is 12.1 Å². The molecule has 2 aromatic carbocycles. The molecule has 2 rings (SSSR count).